The zero-order chi connectivity index (χ0) is 15.9. The van der Waals surface area contributed by atoms with Gasteiger partial charge in [-0.25, -0.2) is 0 Å². The molecule has 0 bridgehead atoms. The molecule has 3 aromatic carbocycles. The fourth-order valence-corrected chi connectivity index (χ4v) is 6.96. The van der Waals surface area contributed by atoms with E-state index in [1.54, 1.807) is 7.11 Å². The normalized spacial score (nSPS) is 23.3. The third-order valence-electron chi connectivity index (χ3n) is 4.46. The van der Waals surface area contributed by atoms with E-state index < -0.39 is 8.32 Å². The van der Waals surface area contributed by atoms with Gasteiger partial charge in [-0.05, 0) is 27.1 Å². The van der Waals surface area contributed by atoms with E-state index in [0.29, 0.717) is 0 Å². The van der Waals surface area contributed by atoms with Crippen molar-refractivity contribution in [2.45, 2.75) is 6.02 Å². The summed E-state index contributed by atoms with van der Waals surface area (Å²) in [7, 11) is -0.872. The standard InChI is InChI=1S/C20H18OSi/c1-21-22(17-10-3-2-4-11-17)15-16-9-5-6-12-18(16)19-13-7-8-14-20(19)22/h2-14H,15H2,1H3/i15D. The van der Waals surface area contributed by atoms with Gasteiger partial charge in [0.05, 0.1) is 0 Å². The molecule has 0 fully saturated rings. The van der Waals surface area contributed by atoms with Gasteiger partial charge in [-0.15, -0.1) is 0 Å². The van der Waals surface area contributed by atoms with Crippen LogP contribution in [0.1, 0.15) is 6.93 Å². The maximum absolute atomic E-state index is 9.06. The summed E-state index contributed by atoms with van der Waals surface area (Å²) in [5.41, 5.74) is 3.45. The first kappa shape index (κ1) is 12.4. The van der Waals surface area contributed by atoms with Crippen molar-refractivity contribution in [3.05, 3.63) is 84.4 Å². The zero-order valence-electron chi connectivity index (χ0n) is 13.5. The topological polar surface area (TPSA) is 9.23 Å². The summed E-state index contributed by atoms with van der Waals surface area (Å²) in [4.78, 5) is 0. The van der Waals surface area contributed by atoms with Crippen LogP contribution in [0.3, 0.4) is 0 Å². The summed E-state index contributed by atoms with van der Waals surface area (Å²) in [6, 6.07) is 26.6. The second-order valence-electron chi connectivity index (χ2n) is 5.58. The average molecular weight is 303 g/mol. The van der Waals surface area contributed by atoms with Crippen LogP contribution in [0.15, 0.2) is 78.9 Å². The third-order valence-corrected chi connectivity index (χ3v) is 8.25. The lowest BCUT2D eigenvalue weighted by molar-refractivity contribution is 0.414. The largest absolute Gasteiger partial charge is 0.411 e. The SMILES string of the molecule is [2H]C1c2ccccc2-c2ccccc2[Si]1(OC)c1ccccc1. The second kappa shape index (κ2) is 5.23. The smallest absolute Gasteiger partial charge is 0.260 e. The van der Waals surface area contributed by atoms with Crippen molar-refractivity contribution in [3.8, 4) is 11.1 Å². The second-order valence-corrected chi connectivity index (χ2v) is 8.87. The molecule has 0 amide bonds. The minimum atomic E-state index is -2.64. The molecule has 2 unspecified atom stereocenters. The Morgan fingerprint density at radius 3 is 2.23 bits per heavy atom. The Balaban J connectivity index is 2.09. The van der Waals surface area contributed by atoms with Crippen LogP contribution in [0.4, 0.5) is 0 Å². The van der Waals surface area contributed by atoms with Crippen LogP contribution in [-0.2, 0) is 10.4 Å². The van der Waals surface area contributed by atoms with Crippen molar-refractivity contribution >= 4 is 18.7 Å². The molecular weight excluding hydrogens is 284 g/mol. The minimum Gasteiger partial charge on any atom is -0.411 e. The Kier molecular flexibility index (Phi) is 2.95. The molecule has 0 spiro atoms. The highest BCUT2D eigenvalue weighted by molar-refractivity contribution is 6.98. The molecule has 2 heteroatoms. The van der Waals surface area contributed by atoms with Crippen LogP contribution in [0.5, 0.6) is 0 Å². The molecule has 1 aliphatic rings. The lowest BCUT2D eigenvalue weighted by Gasteiger charge is -2.37. The zero-order valence-corrected chi connectivity index (χ0v) is 13.5. The van der Waals surface area contributed by atoms with Crippen molar-refractivity contribution in [2.75, 3.05) is 7.11 Å². The molecule has 2 atom stereocenters. The molecule has 0 aliphatic carbocycles. The Bertz CT molecular complexity index is 849. The van der Waals surface area contributed by atoms with Crippen molar-refractivity contribution in [2.24, 2.45) is 0 Å². The molecule has 1 heterocycles. The highest BCUT2D eigenvalue weighted by atomic mass is 28.4. The number of benzene rings is 3. The van der Waals surface area contributed by atoms with Gasteiger partial charge in [-0.2, -0.15) is 0 Å². The number of hydrogen-bond acceptors (Lipinski definition) is 1. The van der Waals surface area contributed by atoms with E-state index in [4.69, 9.17) is 5.80 Å². The molecule has 22 heavy (non-hydrogen) atoms. The fraction of sp³-hybridized carbons (Fsp3) is 0.100. The molecule has 108 valence electrons. The first-order valence-corrected chi connectivity index (χ1v) is 9.49. The van der Waals surface area contributed by atoms with Crippen molar-refractivity contribution in [1.29, 1.82) is 0 Å². The summed E-state index contributed by atoms with van der Waals surface area (Å²) in [6.45, 7) is 0. The van der Waals surface area contributed by atoms with Crippen LogP contribution in [0, 0.1) is 0 Å². The number of fused-ring (bicyclic) bond motifs is 3. The molecule has 1 nitrogen and oxygen atoms in total. The van der Waals surface area contributed by atoms with E-state index >= 15 is 0 Å². The van der Waals surface area contributed by atoms with Crippen LogP contribution in [-0.4, -0.2) is 15.4 Å². The fourth-order valence-electron chi connectivity index (χ4n) is 3.42. The van der Waals surface area contributed by atoms with Crippen molar-refractivity contribution in [1.82, 2.24) is 0 Å². The van der Waals surface area contributed by atoms with E-state index in [9.17, 15) is 0 Å². The quantitative estimate of drug-likeness (QED) is 0.661. The van der Waals surface area contributed by atoms with Crippen LogP contribution in [0.25, 0.3) is 11.1 Å². The van der Waals surface area contributed by atoms with E-state index in [2.05, 4.69) is 48.5 Å². The van der Waals surface area contributed by atoms with Gasteiger partial charge in [0.2, 0.25) is 0 Å². The van der Waals surface area contributed by atoms with Gasteiger partial charge < -0.3 is 4.43 Å². The van der Waals surface area contributed by atoms with Gasteiger partial charge in [0, 0.05) is 14.5 Å². The summed E-state index contributed by atoms with van der Waals surface area (Å²) >= 11 is 0. The summed E-state index contributed by atoms with van der Waals surface area (Å²) in [6.07, 6.45) is 0. The average Bonchev–Trinajstić information content (AvgIpc) is 2.64. The van der Waals surface area contributed by atoms with Crippen molar-refractivity contribution in [3.63, 3.8) is 0 Å². The maximum Gasteiger partial charge on any atom is 0.260 e. The Labute approximate surface area is 133 Å². The van der Waals surface area contributed by atoms with Gasteiger partial charge in [0.1, 0.15) is 0 Å². The molecule has 0 N–H and O–H groups in total. The van der Waals surface area contributed by atoms with Crippen LogP contribution >= 0.6 is 0 Å². The van der Waals surface area contributed by atoms with Gasteiger partial charge in [-0.3, -0.25) is 0 Å². The highest BCUT2D eigenvalue weighted by Crippen LogP contribution is 2.32. The van der Waals surface area contributed by atoms with E-state index in [0.717, 1.165) is 10.8 Å². The molecule has 3 aromatic rings. The first-order chi connectivity index (χ1) is 11.3. The molecular formula is C20H18OSi. The monoisotopic (exact) mass is 303 g/mol. The Morgan fingerprint density at radius 2 is 1.45 bits per heavy atom. The summed E-state index contributed by atoms with van der Waals surface area (Å²) < 4.78 is 15.3. The first-order valence-electron chi connectivity index (χ1n) is 8.08. The van der Waals surface area contributed by atoms with Crippen LogP contribution < -0.4 is 10.4 Å². The number of hydrogen-bond donors (Lipinski definition) is 0. The lowest BCUT2D eigenvalue weighted by atomic mass is 10.00. The molecule has 4 rings (SSSR count). The Hall–Kier alpha value is -2.16. The van der Waals surface area contributed by atoms with Crippen LogP contribution in [0.2, 0.25) is 0 Å². The van der Waals surface area contributed by atoms with Gasteiger partial charge >= 0.3 is 0 Å². The van der Waals surface area contributed by atoms with Gasteiger partial charge in [0.25, 0.3) is 8.32 Å². The predicted molar refractivity (Wildman–Crippen MR) is 94.1 cm³/mol. The molecule has 0 radical (unpaired) electrons. The van der Waals surface area contributed by atoms with Gasteiger partial charge in [0.15, 0.2) is 0 Å². The molecule has 1 aliphatic heterocycles. The predicted octanol–water partition coefficient (Wildman–Crippen LogP) is 3.16. The van der Waals surface area contributed by atoms with Crippen molar-refractivity contribution < 1.29 is 5.80 Å². The Morgan fingerprint density at radius 1 is 0.818 bits per heavy atom. The minimum absolute atomic E-state index is 0.374. The van der Waals surface area contributed by atoms with Gasteiger partial charge in [-0.1, -0.05) is 78.9 Å². The molecule has 0 aromatic heterocycles. The van der Waals surface area contributed by atoms with E-state index in [-0.39, 0.29) is 6.02 Å². The molecule has 0 saturated heterocycles. The lowest BCUT2D eigenvalue weighted by Crippen LogP contribution is -2.64. The van der Waals surface area contributed by atoms with E-state index in [1.807, 2.05) is 30.3 Å². The maximum atomic E-state index is 9.06. The highest BCUT2D eigenvalue weighted by Gasteiger charge is 2.43. The third kappa shape index (κ3) is 1.88. The van der Waals surface area contributed by atoms with E-state index in [1.165, 1.54) is 16.3 Å². The summed E-state index contributed by atoms with van der Waals surface area (Å²) in [5.74, 6) is 0. The number of rotatable bonds is 2. The molecule has 0 saturated carbocycles. The summed E-state index contributed by atoms with van der Waals surface area (Å²) in [5, 5.41) is 2.36.